The highest BCUT2D eigenvalue weighted by Gasteiger charge is 2.33. The van der Waals surface area contributed by atoms with Crippen molar-refractivity contribution in [2.24, 2.45) is 0 Å². The predicted molar refractivity (Wildman–Crippen MR) is 140 cm³/mol. The molecule has 1 atom stereocenters. The number of piperidine rings is 1. The maximum Gasteiger partial charge on any atom is 0.433 e. The van der Waals surface area contributed by atoms with Gasteiger partial charge in [-0.15, -0.1) is 0 Å². The number of aromatic nitrogens is 3. The van der Waals surface area contributed by atoms with Crippen LogP contribution in [0.1, 0.15) is 54.4 Å². The van der Waals surface area contributed by atoms with Gasteiger partial charge in [-0.1, -0.05) is 12.1 Å². The molecule has 0 bridgehead atoms. The van der Waals surface area contributed by atoms with Gasteiger partial charge in [-0.25, -0.2) is 28.5 Å². The van der Waals surface area contributed by atoms with E-state index in [9.17, 15) is 36.6 Å². The highest BCUT2D eigenvalue weighted by Crippen LogP contribution is 2.35. The number of carbonyl (C=O) groups is 2. The van der Waals surface area contributed by atoms with Gasteiger partial charge in [0.25, 0.3) is 0 Å². The number of urea groups is 1. The number of aliphatic hydroxyl groups excluding tert-OH is 1. The summed E-state index contributed by atoms with van der Waals surface area (Å²) in [5.74, 6) is -2.96. The fourth-order valence-electron chi connectivity index (χ4n) is 4.60. The summed E-state index contributed by atoms with van der Waals surface area (Å²) >= 11 is 0. The number of nitrogens with zero attached hydrogens (tertiary/aromatic N) is 4. The Bertz CT molecular complexity index is 1440. The number of alkyl halides is 3. The van der Waals surface area contributed by atoms with Gasteiger partial charge < -0.3 is 20.1 Å². The average Bonchev–Trinajstić information content (AvgIpc) is 2.93. The van der Waals surface area contributed by atoms with E-state index < -0.39 is 53.8 Å². The Kier molecular flexibility index (Phi) is 9.19. The summed E-state index contributed by atoms with van der Waals surface area (Å²) in [6, 6.07) is 5.67. The average molecular weight is 595 g/mol. The van der Waals surface area contributed by atoms with Crippen LogP contribution in [-0.2, 0) is 11.0 Å². The van der Waals surface area contributed by atoms with Crippen LogP contribution in [0.4, 0.5) is 38.4 Å². The topological polar surface area (TPSA) is 130 Å². The summed E-state index contributed by atoms with van der Waals surface area (Å²) in [7, 11) is 0. The highest BCUT2D eigenvalue weighted by atomic mass is 19.4. The molecule has 3 heterocycles. The second-order valence-electron chi connectivity index (χ2n) is 9.59. The smallest absolute Gasteiger partial charge is 0.433 e. The number of nitrogens with one attached hydrogen (secondary N) is 2. The van der Waals surface area contributed by atoms with E-state index in [0.29, 0.717) is 24.2 Å². The second-order valence-corrected chi connectivity index (χ2v) is 9.59. The van der Waals surface area contributed by atoms with Crippen molar-refractivity contribution in [1.82, 2.24) is 19.9 Å². The van der Waals surface area contributed by atoms with E-state index in [1.807, 2.05) is 0 Å². The van der Waals surface area contributed by atoms with Gasteiger partial charge in [-0.3, -0.25) is 10.1 Å². The zero-order chi connectivity index (χ0) is 30.6. The number of aliphatic hydroxyl groups is 1. The molecule has 3 aromatic rings. The first-order valence-corrected chi connectivity index (χ1v) is 12.8. The lowest BCUT2D eigenvalue weighted by Gasteiger charge is -2.33. The van der Waals surface area contributed by atoms with Crippen LogP contribution in [0.5, 0.6) is 5.88 Å². The van der Waals surface area contributed by atoms with Crippen LogP contribution < -0.4 is 15.4 Å². The van der Waals surface area contributed by atoms with E-state index >= 15 is 0 Å². The lowest BCUT2D eigenvalue weighted by molar-refractivity contribution is -0.141. The Balaban J connectivity index is 1.52. The quantitative estimate of drug-likeness (QED) is 0.330. The zero-order valence-electron chi connectivity index (χ0n) is 22.5. The molecule has 42 heavy (non-hydrogen) atoms. The molecule has 10 nitrogen and oxygen atoms in total. The van der Waals surface area contributed by atoms with Gasteiger partial charge in [-0.05, 0) is 38.0 Å². The van der Waals surface area contributed by atoms with Crippen molar-refractivity contribution >= 4 is 23.6 Å². The van der Waals surface area contributed by atoms with Crippen LogP contribution in [0.25, 0.3) is 0 Å². The number of anilines is 2. The second kappa shape index (κ2) is 12.6. The number of benzene rings is 1. The number of likely N-dealkylation sites (tertiary alicyclic amines) is 1. The van der Waals surface area contributed by atoms with Gasteiger partial charge in [-0.2, -0.15) is 13.2 Å². The van der Waals surface area contributed by atoms with Crippen molar-refractivity contribution in [3.05, 3.63) is 70.7 Å². The van der Waals surface area contributed by atoms with E-state index in [2.05, 4.69) is 25.6 Å². The predicted octanol–water partition coefficient (Wildman–Crippen LogP) is 4.96. The van der Waals surface area contributed by atoms with E-state index in [1.54, 1.807) is 6.92 Å². The Labute approximate surface area is 236 Å². The number of halogens is 5. The molecule has 0 radical (unpaired) electrons. The number of aryl methyl sites for hydroxylation is 1. The summed E-state index contributed by atoms with van der Waals surface area (Å²) in [5, 5.41) is 15.8. The molecule has 4 rings (SSSR count). The van der Waals surface area contributed by atoms with Crippen LogP contribution in [0.15, 0.2) is 36.4 Å². The summed E-state index contributed by atoms with van der Waals surface area (Å²) in [4.78, 5) is 37.8. The first-order chi connectivity index (χ1) is 19.8. The molecule has 224 valence electrons. The largest absolute Gasteiger partial charge is 0.475 e. The van der Waals surface area contributed by atoms with Gasteiger partial charge in [0.05, 0.1) is 5.69 Å². The fraction of sp³-hybridized carbons (Fsp3) is 0.370. The Hall–Kier alpha value is -4.40. The number of ether oxygens (including phenoxy) is 1. The molecule has 1 aliphatic rings. The van der Waals surface area contributed by atoms with Crippen LogP contribution in [-0.4, -0.2) is 56.6 Å². The molecule has 2 aromatic heterocycles. The summed E-state index contributed by atoms with van der Waals surface area (Å²) < 4.78 is 72.4. The van der Waals surface area contributed by atoms with E-state index in [-0.39, 0.29) is 36.4 Å². The molecule has 0 spiro atoms. The normalized spacial score (nSPS) is 14.8. The molecular formula is C27H27F5N6O4. The number of rotatable bonds is 7. The summed E-state index contributed by atoms with van der Waals surface area (Å²) in [5.41, 5.74) is -0.793. The monoisotopic (exact) mass is 594 g/mol. The van der Waals surface area contributed by atoms with E-state index in [1.165, 1.54) is 24.0 Å². The summed E-state index contributed by atoms with van der Waals surface area (Å²) in [6.07, 6.45) is -5.39. The summed E-state index contributed by atoms with van der Waals surface area (Å²) in [6.45, 7) is 2.71. The molecule has 1 fully saturated rings. The minimum atomic E-state index is -4.68. The molecular weight excluding hydrogens is 567 g/mol. The maximum absolute atomic E-state index is 14.0. The molecule has 15 heteroatoms. The lowest BCUT2D eigenvalue weighted by Crippen LogP contribution is -2.41. The molecule has 0 aliphatic carbocycles. The van der Waals surface area contributed by atoms with Gasteiger partial charge >= 0.3 is 12.2 Å². The minimum absolute atomic E-state index is 0.0124. The molecule has 3 N–H and O–H groups in total. The van der Waals surface area contributed by atoms with Gasteiger partial charge in [0, 0.05) is 43.3 Å². The van der Waals surface area contributed by atoms with Crippen LogP contribution in [0.2, 0.25) is 0 Å². The molecule has 0 saturated carbocycles. The maximum atomic E-state index is 14.0. The third kappa shape index (κ3) is 7.26. The third-order valence-corrected chi connectivity index (χ3v) is 6.55. The van der Waals surface area contributed by atoms with Gasteiger partial charge in [0.2, 0.25) is 17.7 Å². The molecule has 1 aliphatic heterocycles. The molecule has 1 aromatic carbocycles. The van der Waals surface area contributed by atoms with Crippen LogP contribution in [0, 0.1) is 18.6 Å². The Morgan fingerprint density at radius 2 is 1.69 bits per heavy atom. The van der Waals surface area contributed by atoms with Crippen LogP contribution >= 0.6 is 0 Å². The van der Waals surface area contributed by atoms with Crippen molar-refractivity contribution in [3.8, 4) is 5.88 Å². The number of carbonyl (C=O) groups excluding carboxylic acids is 2. The Morgan fingerprint density at radius 1 is 1.05 bits per heavy atom. The van der Waals surface area contributed by atoms with Gasteiger partial charge in [0.1, 0.15) is 35.7 Å². The number of hydrogen-bond acceptors (Lipinski definition) is 7. The van der Waals surface area contributed by atoms with Crippen molar-refractivity contribution in [3.63, 3.8) is 0 Å². The van der Waals surface area contributed by atoms with E-state index in [0.717, 1.165) is 24.3 Å². The van der Waals surface area contributed by atoms with Crippen molar-refractivity contribution in [2.75, 3.05) is 30.3 Å². The number of hydrogen-bond donors (Lipinski definition) is 3. The first-order valence-electron chi connectivity index (χ1n) is 12.8. The Morgan fingerprint density at radius 3 is 2.31 bits per heavy atom. The molecule has 3 amide bonds. The molecule has 1 saturated heterocycles. The SMILES string of the molecule is CC(=O)Nc1nc(C)c(C(O)COc2cccc(C(F)(F)F)n2)c(C2CCN(C(=O)Nc3c(F)cccc3F)CC2)n1. The van der Waals surface area contributed by atoms with Crippen molar-refractivity contribution in [1.29, 1.82) is 0 Å². The number of para-hydroxylation sites is 1. The number of pyridine rings is 1. The van der Waals surface area contributed by atoms with Crippen molar-refractivity contribution in [2.45, 2.75) is 44.9 Å². The van der Waals surface area contributed by atoms with Crippen LogP contribution in [0.3, 0.4) is 0 Å². The molecule has 1 unspecified atom stereocenters. The fourth-order valence-corrected chi connectivity index (χ4v) is 4.60. The first kappa shape index (κ1) is 30.6. The zero-order valence-corrected chi connectivity index (χ0v) is 22.5. The van der Waals surface area contributed by atoms with Gasteiger partial charge in [0.15, 0.2) is 0 Å². The van der Waals surface area contributed by atoms with E-state index in [4.69, 9.17) is 4.74 Å². The third-order valence-electron chi connectivity index (χ3n) is 6.55. The lowest BCUT2D eigenvalue weighted by atomic mass is 9.88. The standard InChI is InChI=1S/C27H27F5N6O4/c1-14-22(19(40)13-42-21-8-4-7-20(35-21)27(30,31)32)23(36-25(33-14)34-15(2)39)16-9-11-38(12-10-16)26(41)37-24-17(28)5-3-6-18(24)29/h3-8,16,19,40H,9-13H2,1-2H3,(H,37,41)(H,33,34,36,39). The minimum Gasteiger partial charge on any atom is -0.475 e. The number of amides is 3. The van der Waals surface area contributed by atoms with Crippen molar-refractivity contribution < 1.29 is 41.4 Å². The highest BCUT2D eigenvalue weighted by molar-refractivity contribution is 5.89.